The van der Waals surface area contributed by atoms with Crippen molar-refractivity contribution in [2.75, 3.05) is 0 Å². The number of hydrogen-bond acceptors (Lipinski definition) is 3. The zero-order chi connectivity index (χ0) is 61.4. The SMILES string of the molecule is CC1(C)c2ccccc2C2(c3ccccc3Oc3c(CC4(C)c5ccccc5C5(c6ccccc6Oc6cc(-c7nc8ccccc8n7-c7ccccc7)ccc65)c5ccccc54)cc([Si](c4ccccc4)(c4ccccc4)c4ccccc4)cc32)c2ccccc21. The molecule has 438 valence electrons. The molecule has 0 unspecified atom stereocenters. The molecule has 0 amide bonds. The third-order valence-corrected chi connectivity index (χ3v) is 26.0. The summed E-state index contributed by atoms with van der Waals surface area (Å²) in [5.74, 6) is 4.29. The molecule has 13 aromatic carbocycles. The Morgan fingerprint density at radius 1 is 0.337 bits per heavy atom. The van der Waals surface area contributed by atoms with Gasteiger partial charge in [-0.15, -0.1) is 0 Å². The Morgan fingerprint density at radius 2 is 0.750 bits per heavy atom. The van der Waals surface area contributed by atoms with Gasteiger partial charge in [0, 0.05) is 44.3 Å². The molecule has 92 heavy (non-hydrogen) atoms. The Kier molecular flexibility index (Phi) is 12.0. The summed E-state index contributed by atoms with van der Waals surface area (Å²) in [5, 5.41) is 5.26. The molecule has 3 heterocycles. The highest BCUT2D eigenvalue weighted by Gasteiger charge is 2.57. The molecule has 0 N–H and O–H groups in total. The van der Waals surface area contributed by atoms with E-state index in [0.29, 0.717) is 6.42 Å². The summed E-state index contributed by atoms with van der Waals surface area (Å²) >= 11 is 0. The molecule has 4 nitrogen and oxygen atoms in total. The summed E-state index contributed by atoms with van der Waals surface area (Å²) in [6.45, 7) is 7.33. The Bertz CT molecular complexity index is 5070. The third-order valence-electron chi connectivity index (χ3n) is 21.3. The normalized spacial score (nSPS) is 15.2. The van der Waals surface area contributed by atoms with E-state index < -0.39 is 24.3 Å². The summed E-state index contributed by atoms with van der Waals surface area (Å²) < 4.78 is 17.4. The van der Waals surface area contributed by atoms with Crippen molar-refractivity contribution in [1.82, 2.24) is 9.55 Å². The topological polar surface area (TPSA) is 36.3 Å². The first-order valence-electron chi connectivity index (χ1n) is 32.2. The van der Waals surface area contributed by atoms with Crippen molar-refractivity contribution in [3.05, 3.63) is 394 Å². The number of imidazole rings is 1. The second-order valence-electron chi connectivity index (χ2n) is 26.2. The van der Waals surface area contributed by atoms with Crippen LogP contribution in [0.5, 0.6) is 23.0 Å². The van der Waals surface area contributed by atoms with Gasteiger partial charge in [0.1, 0.15) is 28.8 Å². The zero-order valence-electron chi connectivity index (χ0n) is 51.5. The van der Waals surface area contributed by atoms with E-state index in [4.69, 9.17) is 14.5 Å². The number of para-hydroxylation sites is 5. The summed E-state index contributed by atoms with van der Waals surface area (Å²) in [5.41, 5.74) is 17.4. The smallest absolute Gasteiger partial charge is 0.179 e. The Hall–Kier alpha value is -10.9. The van der Waals surface area contributed by atoms with E-state index in [1.807, 2.05) is 0 Å². The molecule has 0 saturated heterocycles. The van der Waals surface area contributed by atoms with Gasteiger partial charge >= 0.3 is 0 Å². The van der Waals surface area contributed by atoms with E-state index in [1.165, 1.54) is 70.8 Å². The van der Waals surface area contributed by atoms with Gasteiger partial charge < -0.3 is 9.47 Å². The highest BCUT2D eigenvalue weighted by atomic mass is 28.3. The lowest BCUT2D eigenvalue weighted by Crippen LogP contribution is -2.75. The van der Waals surface area contributed by atoms with Crippen molar-refractivity contribution in [2.24, 2.45) is 0 Å². The van der Waals surface area contributed by atoms with Crippen LogP contribution in [0, 0.1) is 0 Å². The average molecular weight is 1200 g/mol. The number of ether oxygens (including phenoxy) is 2. The molecular weight excluding hydrogens is 1130 g/mol. The minimum Gasteiger partial charge on any atom is -0.457 e. The van der Waals surface area contributed by atoms with Crippen molar-refractivity contribution < 1.29 is 9.47 Å². The maximum atomic E-state index is 7.86. The molecule has 0 saturated carbocycles. The van der Waals surface area contributed by atoms with Crippen LogP contribution in [0.4, 0.5) is 0 Å². The Balaban J connectivity index is 0.926. The second-order valence-corrected chi connectivity index (χ2v) is 30.0. The molecule has 0 bridgehead atoms. The molecule has 2 aliphatic heterocycles. The van der Waals surface area contributed by atoms with Gasteiger partial charge in [-0.25, -0.2) is 4.98 Å². The first-order chi connectivity index (χ1) is 45.2. The number of benzene rings is 13. The van der Waals surface area contributed by atoms with Gasteiger partial charge in [0.2, 0.25) is 0 Å². The third kappa shape index (κ3) is 7.37. The number of aromatic nitrogens is 2. The molecule has 5 heteroatoms. The van der Waals surface area contributed by atoms with Crippen LogP contribution < -0.4 is 30.2 Å². The predicted molar refractivity (Wildman–Crippen MR) is 376 cm³/mol. The average Bonchev–Trinajstić information content (AvgIpc) is 0.745. The van der Waals surface area contributed by atoms with Crippen molar-refractivity contribution >= 4 is 39.9 Å². The van der Waals surface area contributed by atoms with E-state index >= 15 is 0 Å². The fourth-order valence-corrected chi connectivity index (χ4v) is 22.3. The van der Waals surface area contributed by atoms with Crippen LogP contribution in [0.25, 0.3) is 28.1 Å². The number of rotatable bonds is 8. The van der Waals surface area contributed by atoms with Gasteiger partial charge in [-0.1, -0.05) is 300 Å². The van der Waals surface area contributed by atoms with Crippen LogP contribution in [0.2, 0.25) is 0 Å². The minimum atomic E-state index is -3.26. The number of hydrogen-bond donors (Lipinski definition) is 0. The Morgan fingerprint density at radius 3 is 1.29 bits per heavy atom. The maximum Gasteiger partial charge on any atom is 0.179 e. The Labute approximate surface area is 538 Å². The molecule has 2 spiro atoms. The molecule has 14 aromatic rings. The van der Waals surface area contributed by atoms with Crippen LogP contribution in [0.3, 0.4) is 0 Å². The molecule has 1 aromatic heterocycles. The van der Waals surface area contributed by atoms with Crippen LogP contribution >= 0.6 is 0 Å². The van der Waals surface area contributed by atoms with Crippen LogP contribution in [-0.4, -0.2) is 17.6 Å². The van der Waals surface area contributed by atoms with Gasteiger partial charge in [-0.05, 0) is 120 Å². The zero-order valence-corrected chi connectivity index (χ0v) is 52.5. The summed E-state index contributed by atoms with van der Waals surface area (Å²) in [4.78, 5) is 5.36. The first-order valence-corrected chi connectivity index (χ1v) is 34.2. The van der Waals surface area contributed by atoms with Crippen molar-refractivity contribution in [1.29, 1.82) is 0 Å². The van der Waals surface area contributed by atoms with Gasteiger partial charge in [-0.3, -0.25) is 4.57 Å². The lowest BCUT2D eigenvalue weighted by molar-refractivity contribution is 0.408. The summed E-state index contributed by atoms with van der Waals surface area (Å²) in [6, 6.07) is 120. The van der Waals surface area contributed by atoms with Gasteiger partial charge in [0.05, 0.1) is 21.9 Å². The fraction of sp³-hybridized carbons (Fsp3) is 0.0920. The lowest BCUT2D eigenvalue weighted by atomic mass is 9.52. The lowest BCUT2D eigenvalue weighted by Gasteiger charge is -2.52. The number of nitrogens with zero attached hydrogens (tertiary/aromatic N) is 2. The molecule has 2 aliphatic carbocycles. The van der Waals surface area contributed by atoms with Crippen molar-refractivity contribution in [3.63, 3.8) is 0 Å². The predicted octanol–water partition coefficient (Wildman–Crippen LogP) is 17.5. The van der Waals surface area contributed by atoms with Crippen LogP contribution in [-0.2, 0) is 28.1 Å². The highest BCUT2D eigenvalue weighted by Crippen LogP contribution is 2.65. The first kappa shape index (κ1) is 54.1. The quantitative estimate of drug-likeness (QED) is 0.112. The van der Waals surface area contributed by atoms with E-state index in [2.05, 4.69) is 347 Å². The van der Waals surface area contributed by atoms with E-state index in [1.54, 1.807) is 0 Å². The van der Waals surface area contributed by atoms with E-state index in [-0.39, 0.29) is 5.41 Å². The summed E-state index contributed by atoms with van der Waals surface area (Å²) in [6.07, 6.45) is 0.614. The maximum absolute atomic E-state index is 7.86. The van der Waals surface area contributed by atoms with Gasteiger partial charge in [0.25, 0.3) is 0 Å². The monoisotopic (exact) mass is 1200 g/mol. The molecule has 18 rings (SSSR count). The fourth-order valence-electron chi connectivity index (χ4n) is 17.5. The van der Waals surface area contributed by atoms with E-state index in [9.17, 15) is 0 Å². The van der Waals surface area contributed by atoms with Crippen molar-refractivity contribution in [2.45, 2.75) is 48.9 Å². The van der Waals surface area contributed by atoms with Crippen molar-refractivity contribution in [3.8, 4) is 40.1 Å². The molecule has 0 fully saturated rings. The molecule has 0 atom stereocenters. The molecule has 0 radical (unpaired) electrons. The van der Waals surface area contributed by atoms with Crippen LogP contribution in [0.1, 0.15) is 93.1 Å². The second kappa shape index (κ2) is 20.3. The standard InChI is InChI=1S/C87H64N2O2Si/c1-84(2)65-38-16-20-42-69(65)87(70-43-21-17-39-66(70)84)74-47-25-29-51-80(74)91-82-59(54-64(56-76(82)87)92(61-32-10-5-11-33-61,62-34-12-6-13-35-62)63-36-14-7-15-37-63)57-85(3)67-40-18-22-44-71(67)86(72-45-23-19-41-68(72)85)73-46-24-28-50-79(73)90-81-55-58(52-53-75(81)86)83-88-77-48-26-27-49-78(77)89(83)60-30-8-4-9-31-60/h4-56H,57H2,1-3H3. The minimum absolute atomic E-state index is 0.302. The van der Waals surface area contributed by atoms with Crippen LogP contribution in [0.15, 0.2) is 322 Å². The highest BCUT2D eigenvalue weighted by molar-refractivity contribution is 7.20. The summed E-state index contributed by atoms with van der Waals surface area (Å²) in [7, 11) is -3.26. The molecule has 4 aliphatic rings. The largest absolute Gasteiger partial charge is 0.457 e. The molecular formula is C87H64N2O2Si. The van der Waals surface area contributed by atoms with Gasteiger partial charge in [-0.2, -0.15) is 0 Å². The van der Waals surface area contributed by atoms with Gasteiger partial charge in [0.15, 0.2) is 8.07 Å². The number of fused-ring (bicyclic) bond motifs is 17. The van der Waals surface area contributed by atoms with E-state index in [0.717, 1.165) is 73.4 Å².